The van der Waals surface area contributed by atoms with Crippen LogP contribution in [0.25, 0.3) is 0 Å². The molecule has 1 fully saturated rings. The van der Waals surface area contributed by atoms with Crippen LogP contribution in [0.1, 0.15) is 30.9 Å². The van der Waals surface area contributed by atoms with Crippen molar-refractivity contribution in [1.82, 2.24) is 15.1 Å². The van der Waals surface area contributed by atoms with Gasteiger partial charge in [-0.1, -0.05) is 29.2 Å². The lowest BCUT2D eigenvalue weighted by Gasteiger charge is -2.25. The highest BCUT2D eigenvalue weighted by Crippen LogP contribution is 2.38. The van der Waals surface area contributed by atoms with E-state index in [2.05, 4.69) is 16.3 Å². The van der Waals surface area contributed by atoms with E-state index in [4.69, 9.17) is 9.47 Å². The number of hydrogen-bond donors (Lipinski definition) is 0. The summed E-state index contributed by atoms with van der Waals surface area (Å²) in [6.45, 7) is 2.15. The standard InChI is InChI=1S/C17H19N3O3S2/c21-16(10-24-17-19-18-11-25-17)20-6-1-3-13(20)12-4-5-14-15(9-12)23-8-2-7-22-14/h4-5,9,11,13H,1-3,6-8,10H2. The minimum atomic E-state index is 0.111. The zero-order chi connectivity index (χ0) is 17.1. The molecule has 8 heteroatoms. The molecule has 3 heterocycles. The van der Waals surface area contributed by atoms with Crippen molar-refractivity contribution in [3.05, 3.63) is 29.3 Å². The summed E-state index contributed by atoms with van der Waals surface area (Å²) in [4.78, 5) is 14.7. The summed E-state index contributed by atoms with van der Waals surface area (Å²) in [5.74, 6) is 2.13. The molecule has 6 nitrogen and oxygen atoms in total. The first-order chi connectivity index (χ1) is 12.3. The number of aromatic nitrogens is 2. The fraction of sp³-hybridized carbons (Fsp3) is 0.471. The molecule has 1 aromatic heterocycles. The molecule has 0 radical (unpaired) electrons. The highest BCUT2D eigenvalue weighted by atomic mass is 32.2. The summed E-state index contributed by atoms with van der Waals surface area (Å²) in [6, 6.07) is 6.17. The lowest BCUT2D eigenvalue weighted by atomic mass is 10.0. The van der Waals surface area contributed by atoms with Crippen LogP contribution in [0.4, 0.5) is 0 Å². The van der Waals surface area contributed by atoms with Crippen LogP contribution < -0.4 is 9.47 Å². The van der Waals surface area contributed by atoms with Gasteiger partial charge in [-0.25, -0.2) is 0 Å². The third kappa shape index (κ3) is 3.74. The molecule has 0 spiro atoms. The van der Waals surface area contributed by atoms with Crippen molar-refractivity contribution in [2.24, 2.45) is 0 Å². The van der Waals surface area contributed by atoms with Gasteiger partial charge in [0.15, 0.2) is 15.8 Å². The van der Waals surface area contributed by atoms with Crippen LogP contribution in [0, 0.1) is 0 Å². The van der Waals surface area contributed by atoms with Crippen LogP contribution in [-0.2, 0) is 4.79 Å². The lowest BCUT2D eigenvalue weighted by molar-refractivity contribution is -0.129. The molecule has 4 rings (SSSR count). The van der Waals surface area contributed by atoms with Gasteiger partial charge in [-0.2, -0.15) is 0 Å². The SMILES string of the molecule is O=C(CSc1nncs1)N1CCCC1c1ccc2c(c1)OCCCO2. The summed E-state index contributed by atoms with van der Waals surface area (Å²) in [6.07, 6.45) is 2.89. The van der Waals surface area contributed by atoms with Gasteiger partial charge in [-0.05, 0) is 30.5 Å². The maximum Gasteiger partial charge on any atom is 0.233 e. The van der Waals surface area contributed by atoms with Crippen molar-refractivity contribution in [2.75, 3.05) is 25.5 Å². The first-order valence-corrected chi connectivity index (χ1v) is 10.3. The average molecular weight is 377 g/mol. The van der Waals surface area contributed by atoms with Gasteiger partial charge in [-0.15, -0.1) is 10.2 Å². The number of benzene rings is 1. The number of likely N-dealkylation sites (tertiary alicyclic amines) is 1. The number of hydrogen-bond acceptors (Lipinski definition) is 7. The first-order valence-electron chi connectivity index (χ1n) is 8.39. The normalized spacial score (nSPS) is 19.7. The first kappa shape index (κ1) is 16.7. The topological polar surface area (TPSA) is 64.6 Å². The number of ether oxygens (including phenoxy) is 2. The van der Waals surface area contributed by atoms with E-state index in [1.807, 2.05) is 17.0 Å². The molecule has 0 N–H and O–H groups in total. The lowest BCUT2D eigenvalue weighted by Crippen LogP contribution is -2.32. The molecule has 0 saturated carbocycles. The predicted octanol–water partition coefficient (Wildman–Crippen LogP) is 3.16. The Balaban J connectivity index is 1.47. The minimum Gasteiger partial charge on any atom is -0.490 e. The molecule has 1 unspecified atom stereocenters. The second-order valence-corrected chi connectivity index (χ2v) is 8.05. The van der Waals surface area contributed by atoms with Crippen molar-refractivity contribution in [3.63, 3.8) is 0 Å². The molecule has 2 aromatic rings. The van der Waals surface area contributed by atoms with Crippen LogP contribution >= 0.6 is 23.1 Å². The number of amides is 1. The van der Waals surface area contributed by atoms with Crippen LogP contribution in [0.3, 0.4) is 0 Å². The Labute approximate surface area is 154 Å². The smallest absolute Gasteiger partial charge is 0.233 e. The maximum absolute atomic E-state index is 12.7. The molecular formula is C17H19N3O3S2. The average Bonchev–Trinajstić information content (AvgIpc) is 3.27. The third-order valence-electron chi connectivity index (χ3n) is 4.39. The van der Waals surface area contributed by atoms with E-state index in [-0.39, 0.29) is 11.9 Å². The van der Waals surface area contributed by atoms with Crippen molar-refractivity contribution in [1.29, 1.82) is 0 Å². The largest absolute Gasteiger partial charge is 0.490 e. The van der Waals surface area contributed by atoms with Gasteiger partial charge in [0.1, 0.15) is 5.51 Å². The van der Waals surface area contributed by atoms with E-state index in [9.17, 15) is 4.79 Å². The number of rotatable bonds is 4. The van der Waals surface area contributed by atoms with Gasteiger partial charge < -0.3 is 14.4 Å². The minimum absolute atomic E-state index is 0.111. The molecule has 0 bridgehead atoms. The van der Waals surface area contributed by atoms with Gasteiger partial charge in [-0.3, -0.25) is 4.79 Å². The molecule has 1 atom stereocenters. The zero-order valence-corrected chi connectivity index (χ0v) is 15.4. The fourth-order valence-corrected chi connectivity index (χ4v) is 4.61. The Kier molecular flexibility index (Phi) is 5.07. The molecule has 2 aliphatic heterocycles. The van der Waals surface area contributed by atoms with Crippen LogP contribution in [-0.4, -0.2) is 46.5 Å². The van der Waals surface area contributed by atoms with Gasteiger partial charge in [0.2, 0.25) is 5.91 Å². The van der Waals surface area contributed by atoms with E-state index in [1.54, 1.807) is 5.51 Å². The molecule has 25 heavy (non-hydrogen) atoms. The number of nitrogens with zero attached hydrogens (tertiary/aromatic N) is 3. The Morgan fingerprint density at radius 1 is 1.28 bits per heavy atom. The molecule has 132 valence electrons. The van der Waals surface area contributed by atoms with Crippen LogP contribution in [0.5, 0.6) is 11.5 Å². The predicted molar refractivity (Wildman–Crippen MR) is 96.4 cm³/mol. The van der Waals surface area contributed by atoms with E-state index >= 15 is 0 Å². The summed E-state index contributed by atoms with van der Waals surface area (Å²) >= 11 is 2.92. The van der Waals surface area contributed by atoms with Crippen LogP contribution in [0.15, 0.2) is 28.0 Å². The third-order valence-corrected chi connectivity index (χ3v) is 6.23. The zero-order valence-electron chi connectivity index (χ0n) is 13.7. The summed E-state index contributed by atoms with van der Waals surface area (Å²) < 4.78 is 12.3. The van der Waals surface area contributed by atoms with Gasteiger partial charge in [0.25, 0.3) is 0 Å². The van der Waals surface area contributed by atoms with Gasteiger partial charge >= 0.3 is 0 Å². The highest BCUT2D eigenvalue weighted by molar-refractivity contribution is 8.01. The summed E-state index contributed by atoms with van der Waals surface area (Å²) in [7, 11) is 0. The Morgan fingerprint density at radius 2 is 2.16 bits per heavy atom. The number of carbonyl (C=O) groups excluding carboxylic acids is 1. The van der Waals surface area contributed by atoms with Crippen molar-refractivity contribution >= 4 is 29.0 Å². The summed E-state index contributed by atoms with van der Waals surface area (Å²) in [5, 5.41) is 7.79. The molecule has 2 aliphatic rings. The fourth-order valence-electron chi connectivity index (χ4n) is 3.23. The monoisotopic (exact) mass is 377 g/mol. The van der Waals surface area contributed by atoms with Gasteiger partial charge in [0, 0.05) is 13.0 Å². The Morgan fingerprint density at radius 3 is 3.00 bits per heavy atom. The second kappa shape index (κ2) is 7.61. The summed E-state index contributed by atoms with van der Waals surface area (Å²) in [5.41, 5.74) is 2.81. The van der Waals surface area contributed by atoms with Crippen LogP contribution in [0.2, 0.25) is 0 Å². The van der Waals surface area contributed by atoms with Crippen molar-refractivity contribution in [2.45, 2.75) is 29.6 Å². The van der Waals surface area contributed by atoms with Gasteiger partial charge in [0.05, 0.1) is 25.0 Å². The second-order valence-electron chi connectivity index (χ2n) is 6.00. The molecular weight excluding hydrogens is 358 g/mol. The number of carbonyl (C=O) groups is 1. The molecule has 1 aromatic carbocycles. The molecule has 1 amide bonds. The van der Waals surface area contributed by atoms with E-state index in [0.717, 1.165) is 47.2 Å². The van der Waals surface area contributed by atoms with E-state index < -0.39 is 0 Å². The highest BCUT2D eigenvalue weighted by Gasteiger charge is 2.30. The molecule has 0 aliphatic carbocycles. The number of fused-ring (bicyclic) bond motifs is 1. The van der Waals surface area contributed by atoms with Crippen molar-refractivity contribution < 1.29 is 14.3 Å². The van der Waals surface area contributed by atoms with E-state index in [1.165, 1.54) is 23.1 Å². The number of thioether (sulfide) groups is 1. The van der Waals surface area contributed by atoms with E-state index in [0.29, 0.717) is 19.0 Å². The quantitative estimate of drug-likeness (QED) is 0.763. The molecule has 1 saturated heterocycles. The Hall–Kier alpha value is -1.80. The Bertz CT molecular complexity index is 739. The van der Waals surface area contributed by atoms with Crippen molar-refractivity contribution in [3.8, 4) is 11.5 Å². The maximum atomic E-state index is 12.7.